The molecule has 2 aromatic carbocycles. The van der Waals surface area contributed by atoms with Crippen molar-refractivity contribution in [2.45, 2.75) is 33.2 Å². The lowest BCUT2D eigenvalue weighted by molar-refractivity contribution is 0.0575. The summed E-state index contributed by atoms with van der Waals surface area (Å²) in [5.41, 5.74) is 3.57. The normalized spacial score (nSPS) is 13.5. The molecule has 0 unspecified atom stereocenters. The van der Waals surface area contributed by atoms with Gasteiger partial charge in [0.05, 0.1) is 16.8 Å². The second-order valence-corrected chi connectivity index (χ2v) is 7.80. The lowest BCUT2D eigenvalue weighted by atomic mass is 10.00. The van der Waals surface area contributed by atoms with E-state index in [9.17, 15) is 9.59 Å². The molecule has 6 nitrogen and oxygen atoms in total. The molecule has 0 fully saturated rings. The van der Waals surface area contributed by atoms with E-state index in [2.05, 4.69) is 10.3 Å². The summed E-state index contributed by atoms with van der Waals surface area (Å²) in [6.45, 7) is 6.29. The maximum atomic E-state index is 13.0. The van der Waals surface area contributed by atoms with Gasteiger partial charge in [0.2, 0.25) is 0 Å². The van der Waals surface area contributed by atoms with Crippen molar-refractivity contribution in [3.63, 3.8) is 0 Å². The smallest absolute Gasteiger partial charge is 0.256 e. The first-order chi connectivity index (χ1) is 14.5. The van der Waals surface area contributed by atoms with Crippen LogP contribution in [0.15, 0.2) is 48.5 Å². The number of nitrogens with one attached hydrogen (secondary N) is 1. The number of rotatable bonds is 5. The Morgan fingerprint density at radius 3 is 2.70 bits per heavy atom. The molecular formula is C24H25N3O3. The molecule has 1 aliphatic heterocycles. The summed E-state index contributed by atoms with van der Waals surface area (Å²) in [5, 5.41) is 3.68. The third-order valence-corrected chi connectivity index (χ3v) is 5.21. The second kappa shape index (κ2) is 8.14. The molecule has 0 radical (unpaired) electrons. The van der Waals surface area contributed by atoms with Crippen LogP contribution in [0.3, 0.4) is 0 Å². The van der Waals surface area contributed by atoms with Crippen molar-refractivity contribution >= 4 is 22.7 Å². The van der Waals surface area contributed by atoms with Gasteiger partial charge < -0.3 is 15.0 Å². The van der Waals surface area contributed by atoms with Gasteiger partial charge in [0.25, 0.3) is 11.8 Å². The number of hydrogen-bond donors (Lipinski definition) is 1. The first-order valence-corrected chi connectivity index (χ1v) is 10.2. The number of carbonyl (C=O) groups is 2. The number of nitrogens with zero attached hydrogens (tertiary/aromatic N) is 2. The van der Waals surface area contributed by atoms with E-state index < -0.39 is 0 Å². The molecule has 0 atom stereocenters. The fourth-order valence-electron chi connectivity index (χ4n) is 3.79. The summed E-state index contributed by atoms with van der Waals surface area (Å²) < 4.78 is 6.09. The SMILES string of the molecule is Cc1nc2ccccc2c(C(=O)NC(C)C)c1OCN1CCc2ccccc2C1=O. The monoisotopic (exact) mass is 403 g/mol. The highest BCUT2D eigenvalue weighted by Gasteiger charge is 2.26. The molecule has 0 saturated heterocycles. The van der Waals surface area contributed by atoms with Gasteiger partial charge in [0, 0.05) is 23.5 Å². The number of hydrogen-bond acceptors (Lipinski definition) is 4. The highest BCUT2D eigenvalue weighted by molar-refractivity contribution is 6.09. The number of pyridine rings is 1. The Bertz CT molecular complexity index is 1120. The van der Waals surface area contributed by atoms with E-state index >= 15 is 0 Å². The zero-order chi connectivity index (χ0) is 21.3. The Morgan fingerprint density at radius 1 is 1.17 bits per heavy atom. The summed E-state index contributed by atoms with van der Waals surface area (Å²) in [4.78, 5) is 32.1. The minimum Gasteiger partial charge on any atom is -0.470 e. The third kappa shape index (κ3) is 3.73. The molecule has 2 heterocycles. The van der Waals surface area contributed by atoms with Crippen molar-refractivity contribution in [2.24, 2.45) is 0 Å². The van der Waals surface area contributed by atoms with Crippen molar-refractivity contribution in [3.05, 3.63) is 70.9 Å². The van der Waals surface area contributed by atoms with E-state index in [1.54, 1.807) is 4.90 Å². The largest absolute Gasteiger partial charge is 0.470 e. The number of para-hydroxylation sites is 1. The Labute approximate surface area is 175 Å². The van der Waals surface area contributed by atoms with Crippen LogP contribution >= 0.6 is 0 Å². The molecule has 4 rings (SSSR count). The number of benzene rings is 2. The molecule has 0 spiro atoms. The maximum absolute atomic E-state index is 13.0. The highest BCUT2D eigenvalue weighted by atomic mass is 16.5. The van der Waals surface area contributed by atoms with E-state index in [1.807, 2.05) is 69.3 Å². The number of fused-ring (bicyclic) bond motifs is 2. The van der Waals surface area contributed by atoms with Crippen LogP contribution < -0.4 is 10.1 Å². The molecule has 0 bridgehead atoms. The Balaban J connectivity index is 1.66. The Hall–Kier alpha value is -3.41. The van der Waals surface area contributed by atoms with Crippen LogP contribution in [0.2, 0.25) is 0 Å². The van der Waals surface area contributed by atoms with Crippen LogP contribution in [0.4, 0.5) is 0 Å². The molecule has 1 aliphatic rings. The second-order valence-electron chi connectivity index (χ2n) is 7.80. The molecule has 6 heteroatoms. The van der Waals surface area contributed by atoms with E-state index in [4.69, 9.17) is 4.74 Å². The molecule has 0 saturated carbocycles. The van der Waals surface area contributed by atoms with Crippen molar-refractivity contribution in [2.75, 3.05) is 13.3 Å². The van der Waals surface area contributed by atoms with Crippen molar-refractivity contribution < 1.29 is 14.3 Å². The fourth-order valence-corrected chi connectivity index (χ4v) is 3.79. The van der Waals surface area contributed by atoms with Gasteiger partial charge in [-0.3, -0.25) is 9.59 Å². The van der Waals surface area contributed by atoms with E-state index in [0.717, 1.165) is 22.9 Å². The van der Waals surface area contributed by atoms with Crippen LogP contribution in [-0.2, 0) is 6.42 Å². The van der Waals surface area contributed by atoms with E-state index in [-0.39, 0.29) is 24.6 Å². The lowest BCUT2D eigenvalue weighted by Gasteiger charge is -2.29. The minimum absolute atomic E-state index is 0.0160. The summed E-state index contributed by atoms with van der Waals surface area (Å²) in [5.74, 6) is 0.145. The minimum atomic E-state index is -0.211. The number of aryl methyl sites for hydroxylation is 1. The molecule has 0 aliphatic carbocycles. The van der Waals surface area contributed by atoms with Gasteiger partial charge in [-0.2, -0.15) is 0 Å². The highest BCUT2D eigenvalue weighted by Crippen LogP contribution is 2.30. The van der Waals surface area contributed by atoms with Gasteiger partial charge in [0.1, 0.15) is 0 Å². The van der Waals surface area contributed by atoms with E-state index in [0.29, 0.717) is 29.1 Å². The van der Waals surface area contributed by atoms with Gasteiger partial charge in [-0.15, -0.1) is 0 Å². The molecule has 2 amide bonds. The predicted molar refractivity (Wildman–Crippen MR) is 116 cm³/mol. The topological polar surface area (TPSA) is 71.5 Å². The fraction of sp³-hybridized carbons (Fsp3) is 0.292. The van der Waals surface area contributed by atoms with Crippen molar-refractivity contribution in [3.8, 4) is 5.75 Å². The summed E-state index contributed by atoms with van der Waals surface area (Å²) >= 11 is 0. The van der Waals surface area contributed by atoms with E-state index in [1.165, 1.54) is 0 Å². The standard InChI is InChI=1S/C24H25N3O3/c1-15(2)25-23(28)21-19-10-6-7-11-20(19)26-16(3)22(21)30-14-27-13-12-17-8-4-5-9-18(17)24(27)29/h4-11,15H,12-14H2,1-3H3,(H,25,28). The first kappa shape index (κ1) is 19.9. The van der Waals surface area contributed by atoms with Crippen LogP contribution in [0.5, 0.6) is 5.75 Å². The van der Waals surface area contributed by atoms with Crippen LogP contribution in [0.25, 0.3) is 10.9 Å². The average Bonchev–Trinajstić information content (AvgIpc) is 2.72. The van der Waals surface area contributed by atoms with Gasteiger partial charge in [-0.05, 0) is 44.9 Å². The van der Waals surface area contributed by atoms with Gasteiger partial charge in [0.15, 0.2) is 12.5 Å². The zero-order valence-corrected chi connectivity index (χ0v) is 17.4. The molecule has 1 aromatic heterocycles. The third-order valence-electron chi connectivity index (χ3n) is 5.21. The number of ether oxygens (including phenoxy) is 1. The Kier molecular flexibility index (Phi) is 5.40. The molecular weight excluding hydrogens is 378 g/mol. The molecule has 30 heavy (non-hydrogen) atoms. The maximum Gasteiger partial charge on any atom is 0.256 e. The zero-order valence-electron chi connectivity index (χ0n) is 17.4. The molecule has 3 aromatic rings. The van der Waals surface area contributed by atoms with Crippen molar-refractivity contribution in [1.82, 2.24) is 15.2 Å². The number of carbonyl (C=O) groups excluding carboxylic acids is 2. The number of aromatic nitrogens is 1. The number of amides is 2. The first-order valence-electron chi connectivity index (χ1n) is 10.2. The van der Waals surface area contributed by atoms with Crippen molar-refractivity contribution in [1.29, 1.82) is 0 Å². The van der Waals surface area contributed by atoms with Crippen LogP contribution in [0.1, 0.15) is 45.8 Å². The molecule has 154 valence electrons. The van der Waals surface area contributed by atoms with Crippen LogP contribution in [-0.4, -0.2) is 41.0 Å². The average molecular weight is 403 g/mol. The van der Waals surface area contributed by atoms with Gasteiger partial charge in [-0.1, -0.05) is 36.4 Å². The van der Waals surface area contributed by atoms with Gasteiger partial charge in [-0.25, -0.2) is 4.98 Å². The van der Waals surface area contributed by atoms with Gasteiger partial charge >= 0.3 is 0 Å². The van der Waals surface area contributed by atoms with Crippen LogP contribution in [0, 0.1) is 6.92 Å². The summed E-state index contributed by atoms with van der Waals surface area (Å²) in [6.07, 6.45) is 0.779. The predicted octanol–water partition coefficient (Wildman–Crippen LogP) is 3.72. The molecule has 1 N–H and O–H groups in total. The Morgan fingerprint density at radius 2 is 1.90 bits per heavy atom. The lowest BCUT2D eigenvalue weighted by Crippen LogP contribution is -2.40. The summed E-state index contributed by atoms with van der Waals surface area (Å²) in [7, 11) is 0. The summed E-state index contributed by atoms with van der Waals surface area (Å²) in [6, 6.07) is 15.1. The quantitative estimate of drug-likeness (QED) is 0.705.